The SMILES string of the molecule is CC(=S)N1CCC[C@H]1C(=S)N(C)C. The van der Waals surface area contributed by atoms with E-state index in [-0.39, 0.29) is 0 Å². The van der Waals surface area contributed by atoms with Crippen LogP contribution in [0.1, 0.15) is 19.8 Å². The molecule has 0 N–H and O–H groups in total. The van der Waals surface area contributed by atoms with Crippen molar-refractivity contribution in [3.63, 3.8) is 0 Å². The Morgan fingerprint density at radius 2 is 2.00 bits per heavy atom. The second-order valence-corrected chi connectivity index (χ2v) is 4.61. The number of likely N-dealkylation sites (tertiary alicyclic amines) is 1. The van der Waals surface area contributed by atoms with Crippen molar-refractivity contribution in [3.8, 4) is 0 Å². The summed E-state index contributed by atoms with van der Waals surface area (Å²) >= 11 is 10.5. The maximum absolute atomic E-state index is 5.36. The molecule has 0 aliphatic carbocycles. The van der Waals surface area contributed by atoms with Gasteiger partial charge in [-0.3, -0.25) is 0 Å². The first-order valence-corrected chi connectivity index (χ1v) is 5.34. The lowest BCUT2D eigenvalue weighted by atomic mass is 10.2. The highest BCUT2D eigenvalue weighted by Gasteiger charge is 2.28. The van der Waals surface area contributed by atoms with Crippen molar-refractivity contribution in [1.29, 1.82) is 0 Å². The van der Waals surface area contributed by atoms with Crippen molar-refractivity contribution in [3.05, 3.63) is 0 Å². The van der Waals surface area contributed by atoms with Gasteiger partial charge in [0.1, 0.15) is 4.99 Å². The van der Waals surface area contributed by atoms with Crippen LogP contribution in [0.5, 0.6) is 0 Å². The molecule has 0 amide bonds. The van der Waals surface area contributed by atoms with E-state index in [2.05, 4.69) is 4.90 Å². The van der Waals surface area contributed by atoms with Crippen LogP contribution < -0.4 is 0 Å². The fourth-order valence-electron chi connectivity index (χ4n) is 1.70. The van der Waals surface area contributed by atoms with Crippen LogP contribution in [0.15, 0.2) is 0 Å². The third-order valence-electron chi connectivity index (χ3n) is 2.38. The number of likely N-dealkylation sites (N-methyl/N-ethyl adjacent to an activating group) is 1. The largest absolute Gasteiger partial charge is 0.371 e. The van der Waals surface area contributed by atoms with Crippen molar-refractivity contribution < 1.29 is 0 Å². The van der Waals surface area contributed by atoms with Gasteiger partial charge in [-0.1, -0.05) is 24.4 Å². The van der Waals surface area contributed by atoms with Crippen molar-refractivity contribution in [1.82, 2.24) is 9.80 Å². The van der Waals surface area contributed by atoms with E-state index in [4.69, 9.17) is 24.4 Å². The highest BCUT2D eigenvalue weighted by molar-refractivity contribution is 7.80. The molecule has 1 saturated heterocycles. The Bertz CT molecular complexity index is 226. The fourth-order valence-corrected chi connectivity index (χ4v) is 2.16. The molecular formula is C9H16N2S2. The summed E-state index contributed by atoms with van der Waals surface area (Å²) in [5, 5.41) is 0. The van der Waals surface area contributed by atoms with E-state index in [1.165, 1.54) is 6.42 Å². The zero-order valence-corrected chi connectivity index (χ0v) is 10.0. The predicted molar refractivity (Wildman–Crippen MR) is 64.3 cm³/mol. The smallest absolute Gasteiger partial charge is 0.100 e. The lowest BCUT2D eigenvalue weighted by Crippen LogP contribution is -2.43. The minimum atomic E-state index is 0.363. The molecule has 13 heavy (non-hydrogen) atoms. The van der Waals surface area contributed by atoms with E-state index in [1.807, 2.05) is 25.9 Å². The molecule has 1 aliphatic rings. The van der Waals surface area contributed by atoms with Gasteiger partial charge in [0.2, 0.25) is 0 Å². The molecule has 1 aliphatic heterocycles. The van der Waals surface area contributed by atoms with Gasteiger partial charge < -0.3 is 9.80 Å². The molecule has 1 fully saturated rings. The first kappa shape index (κ1) is 10.9. The average Bonchev–Trinajstić information content (AvgIpc) is 2.50. The highest BCUT2D eigenvalue weighted by atomic mass is 32.1. The summed E-state index contributed by atoms with van der Waals surface area (Å²) < 4.78 is 0. The van der Waals surface area contributed by atoms with Crippen molar-refractivity contribution in [2.45, 2.75) is 25.8 Å². The van der Waals surface area contributed by atoms with Gasteiger partial charge in [0.05, 0.1) is 11.0 Å². The van der Waals surface area contributed by atoms with Crippen LogP contribution >= 0.6 is 24.4 Å². The molecule has 74 valence electrons. The molecule has 0 radical (unpaired) electrons. The second-order valence-electron chi connectivity index (χ2n) is 3.60. The number of hydrogen-bond acceptors (Lipinski definition) is 2. The van der Waals surface area contributed by atoms with E-state index in [0.29, 0.717) is 6.04 Å². The molecule has 1 rings (SSSR count). The Morgan fingerprint density at radius 1 is 1.38 bits per heavy atom. The molecule has 0 aromatic heterocycles. The third-order valence-corrected chi connectivity index (χ3v) is 3.25. The van der Waals surface area contributed by atoms with Gasteiger partial charge >= 0.3 is 0 Å². The van der Waals surface area contributed by atoms with E-state index in [0.717, 1.165) is 22.9 Å². The van der Waals surface area contributed by atoms with Crippen molar-refractivity contribution in [2.24, 2.45) is 0 Å². The minimum Gasteiger partial charge on any atom is -0.371 e. The molecule has 1 heterocycles. The fraction of sp³-hybridized carbons (Fsp3) is 0.778. The van der Waals surface area contributed by atoms with Crippen LogP contribution in [0.2, 0.25) is 0 Å². The molecular weight excluding hydrogens is 200 g/mol. The molecule has 0 aromatic carbocycles. The van der Waals surface area contributed by atoms with Crippen LogP contribution in [0.4, 0.5) is 0 Å². The van der Waals surface area contributed by atoms with Gasteiger partial charge in [-0.05, 0) is 19.8 Å². The molecule has 0 spiro atoms. The quantitative estimate of drug-likeness (QED) is 0.615. The summed E-state index contributed by atoms with van der Waals surface area (Å²) in [7, 11) is 4.00. The highest BCUT2D eigenvalue weighted by Crippen LogP contribution is 2.20. The summed E-state index contributed by atoms with van der Waals surface area (Å²) in [4.78, 5) is 6.21. The molecule has 2 nitrogen and oxygen atoms in total. The molecule has 4 heteroatoms. The van der Waals surface area contributed by atoms with E-state index in [1.54, 1.807) is 0 Å². The van der Waals surface area contributed by atoms with E-state index >= 15 is 0 Å². The summed E-state index contributed by atoms with van der Waals surface area (Å²) in [5.41, 5.74) is 0. The summed E-state index contributed by atoms with van der Waals surface area (Å²) in [6.07, 6.45) is 2.34. The van der Waals surface area contributed by atoms with Crippen LogP contribution in [-0.2, 0) is 0 Å². The zero-order valence-electron chi connectivity index (χ0n) is 8.41. The Hall–Kier alpha value is -0.220. The molecule has 0 aromatic rings. The Labute approximate surface area is 90.9 Å². The maximum Gasteiger partial charge on any atom is 0.100 e. The van der Waals surface area contributed by atoms with Gasteiger partial charge in [0.15, 0.2) is 0 Å². The van der Waals surface area contributed by atoms with Crippen LogP contribution in [0, 0.1) is 0 Å². The summed E-state index contributed by atoms with van der Waals surface area (Å²) in [6, 6.07) is 0.363. The van der Waals surface area contributed by atoms with Gasteiger partial charge in [0, 0.05) is 20.6 Å². The Kier molecular flexibility index (Phi) is 3.62. The molecule has 0 unspecified atom stereocenters. The normalized spacial score (nSPS) is 21.8. The molecule has 1 atom stereocenters. The number of thiocarbonyl (C=S) groups is 2. The van der Waals surface area contributed by atoms with Gasteiger partial charge in [-0.25, -0.2) is 0 Å². The predicted octanol–water partition coefficient (Wildman–Crippen LogP) is 1.69. The summed E-state index contributed by atoms with van der Waals surface area (Å²) in [6.45, 7) is 3.04. The first-order chi connectivity index (χ1) is 6.04. The van der Waals surface area contributed by atoms with Gasteiger partial charge in [0.25, 0.3) is 0 Å². The van der Waals surface area contributed by atoms with Crippen LogP contribution in [0.25, 0.3) is 0 Å². The maximum atomic E-state index is 5.36. The lowest BCUT2D eigenvalue weighted by molar-refractivity contribution is 0.444. The first-order valence-electron chi connectivity index (χ1n) is 4.52. The number of rotatable bonds is 1. The molecule has 0 saturated carbocycles. The Balaban J connectivity index is 2.68. The van der Waals surface area contributed by atoms with Crippen LogP contribution in [-0.4, -0.2) is 46.5 Å². The monoisotopic (exact) mass is 216 g/mol. The van der Waals surface area contributed by atoms with Gasteiger partial charge in [-0.2, -0.15) is 0 Å². The Morgan fingerprint density at radius 3 is 2.46 bits per heavy atom. The van der Waals surface area contributed by atoms with Crippen molar-refractivity contribution >= 4 is 34.4 Å². The van der Waals surface area contributed by atoms with Gasteiger partial charge in [-0.15, -0.1) is 0 Å². The second kappa shape index (κ2) is 4.33. The third kappa shape index (κ3) is 2.38. The van der Waals surface area contributed by atoms with E-state index < -0.39 is 0 Å². The number of nitrogens with zero attached hydrogens (tertiary/aromatic N) is 2. The van der Waals surface area contributed by atoms with E-state index in [9.17, 15) is 0 Å². The average molecular weight is 216 g/mol. The minimum absolute atomic E-state index is 0.363. The number of hydrogen-bond donors (Lipinski definition) is 0. The van der Waals surface area contributed by atoms with Crippen molar-refractivity contribution in [2.75, 3.05) is 20.6 Å². The van der Waals surface area contributed by atoms with Crippen LogP contribution in [0.3, 0.4) is 0 Å². The topological polar surface area (TPSA) is 6.48 Å². The lowest BCUT2D eigenvalue weighted by Gasteiger charge is -2.29. The standard InChI is InChI=1S/C9H16N2S2/c1-7(12)11-6-4-5-8(11)9(13)10(2)3/h8H,4-6H2,1-3H3/t8-/m0/s1. The molecule has 0 bridgehead atoms. The zero-order chi connectivity index (χ0) is 10.0. The summed E-state index contributed by atoms with van der Waals surface area (Å²) in [5.74, 6) is 0.